The second kappa shape index (κ2) is 6.56. The topological polar surface area (TPSA) is 49.7 Å². The first-order chi connectivity index (χ1) is 7.05. The van der Waals surface area contributed by atoms with Crippen molar-refractivity contribution >= 4 is 0 Å². The molecule has 0 heterocycles. The summed E-state index contributed by atoms with van der Waals surface area (Å²) in [5.74, 6) is -1.85. The molecule has 0 aliphatic rings. The molecule has 2 N–H and O–H groups in total. The van der Waals surface area contributed by atoms with E-state index in [-0.39, 0.29) is 0 Å². The van der Waals surface area contributed by atoms with Gasteiger partial charge in [0.2, 0.25) is 0 Å². The van der Waals surface area contributed by atoms with E-state index < -0.39 is 11.9 Å². The molecule has 0 aliphatic carbocycles. The minimum Gasteiger partial charge on any atom is -0.371 e. The molecule has 3 nitrogen and oxygen atoms in total. The standard InChI is InChI=1S/C10H14O3.C2H6/c1-10(11,12)9(13-2)8-6-4-3-5-7-8;1-2/h3-7,9,11-12H,1-2H3;1-2H3. The molecule has 1 unspecified atom stereocenters. The van der Waals surface area contributed by atoms with Crippen molar-refractivity contribution in [1.29, 1.82) is 0 Å². The minimum atomic E-state index is -1.85. The molecule has 0 aromatic heterocycles. The van der Waals surface area contributed by atoms with Crippen molar-refractivity contribution in [3.05, 3.63) is 35.9 Å². The molecule has 0 spiro atoms. The normalized spacial score (nSPS) is 12.7. The van der Waals surface area contributed by atoms with E-state index in [1.165, 1.54) is 14.0 Å². The van der Waals surface area contributed by atoms with Gasteiger partial charge in [0, 0.05) is 7.11 Å². The lowest BCUT2D eigenvalue weighted by Gasteiger charge is -2.26. The molecule has 0 saturated carbocycles. The van der Waals surface area contributed by atoms with Gasteiger partial charge in [-0.2, -0.15) is 0 Å². The average molecular weight is 212 g/mol. The summed E-state index contributed by atoms with van der Waals surface area (Å²) >= 11 is 0. The predicted molar refractivity (Wildman–Crippen MR) is 60.4 cm³/mol. The Balaban J connectivity index is 0.000000921. The van der Waals surface area contributed by atoms with Gasteiger partial charge in [-0.3, -0.25) is 0 Å². The molecular weight excluding hydrogens is 192 g/mol. The molecule has 1 aromatic rings. The van der Waals surface area contributed by atoms with E-state index in [2.05, 4.69) is 0 Å². The van der Waals surface area contributed by atoms with Crippen molar-refractivity contribution < 1.29 is 14.9 Å². The maximum absolute atomic E-state index is 9.36. The third-order valence-electron chi connectivity index (χ3n) is 1.83. The zero-order valence-electron chi connectivity index (χ0n) is 9.77. The maximum atomic E-state index is 9.36. The summed E-state index contributed by atoms with van der Waals surface area (Å²) in [5.41, 5.74) is 0.748. The molecule has 0 amide bonds. The van der Waals surface area contributed by atoms with Crippen LogP contribution in [0.3, 0.4) is 0 Å². The molecule has 3 heteroatoms. The van der Waals surface area contributed by atoms with Crippen LogP contribution < -0.4 is 0 Å². The van der Waals surface area contributed by atoms with Gasteiger partial charge in [-0.25, -0.2) is 0 Å². The second-order valence-electron chi connectivity index (χ2n) is 3.12. The summed E-state index contributed by atoms with van der Waals surface area (Å²) in [4.78, 5) is 0. The Morgan fingerprint density at radius 1 is 1.13 bits per heavy atom. The van der Waals surface area contributed by atoms with E-state index in [0.717, 1.165) is 5.56 Å². The molecule has 0 radical (unpaired) electrons. The van der Waals surface area contributed by atoms with E-state index in [1.807, 2.05) is 32.0 Å². The summed E-state index contributed by atoms with van der Waals surface area (Å²) in [6.07, 6.45) is -0.714. The van der Waals surface area contributed by atoms with Crippen LogP contribution in [0.4, 0.5) is 0 Å². The van der Waals surface area contributed by atoms with Gasteiger partial charge >= 0.3 is 0 Å². The lowest BCUT2D eigenvalue weighted by atomic mass is 10.0. The largest absolute Gasteiger partial charge is 0.371 e. The van der Waals surface area contributed by atoms with Crippen LogP contribution in [0, 0.1) is 0 Å². The molecule has 1 aromatic carbocycles. The highest BCUT2D eigenvalue weighted by molar-refractivity contribution is 5.19. The van der Waals surface area contributed by atoms with Gasteiger partial charge in [0.15, 0.2) is 5.79 Å². The van der Waals surface area contributed by atoms with Crippen LogP contribution in [-0.2, 0) is 4.74 Å². The van der Waals surface area contributed by atoms with Crippen LogP contribution in [0.1, 0.15) is 32.4 Å². The Kier molecular flexibility index (Phi) is 6.17. The van der Waals surface area contributed by atoms with Crippen molar-refractivity contribution in [1.82, 2.24) is 0 Å². The smallest absolute Gasteiger partial charge is 0.191 e. The SMILES string of the molecule is CC.COC(c1ccccc1)C(C)(O)O. The number of aliphatic hydroxyl groups is 2. The maximum Gasteiger partial charge on any atom is 0.191 e. The van der Waals surface area contributed by atoms with Crippen molar-refractivity contribution in [3.8, 4) is 0 Å². The van der Waals surface area contributed by atoms with Crippen LogP contribution in [-0.4, -0.2) is 23.1 Å². The van der Waals surface area contributed by atoms with Crippen LogP contribution >= 0.6 is 0 Å². The summed E-state index contributed by atoms with van der Waals surface area (Å²) in [5, 5.41) is 18.7. The molecular formula is C12H20O3. The van der Waals surface area contributed by atoms with Gasteiger partial charge in [0.1, 0.15) is 6.10 Å². The molecule has 15 heavy (non-hydrogen) atoms. The van der Waals surface area contributed by atoms with E-state index in [0.29, 0.717) is 0 Å². The van der Waals surface area contributed by atoms with Gasteiger partial charge in [0.05, 0.1) is 0 Å². The lowest BCUT2D eigenvalue weighted by molar-refractivity contribution is -0.222. The molecule has 0 aliphatic heterocycles. The Hall–Kier alpha value is -0.900. The Morgan fingerprint density at radius 3 is 1.93 bits per heavy atom. The zero-order valence-corrected chi connectivity index (χ0v) is 9.77. The van der Waals surface area contributed by atoms with Crippen molar-refractivity contribution in [2.45, 2.75) is 32.7 Å². The van der Waals surface area contributed by atoms with Crippen LogP contribution in [0.5, 0.6) is 0 Å². The first-order valence-corrected chi connectivity index (χ1v) is 5.08. The van der Waals surface area contributed by atoms with Gasteiger partial charge < -0.3 is 14.9 Å². The Labute approximate surface area is 91.3 Å². The summed E-state index contributed by atoms with van der Waals surface area (Å²) in [7, 11) is 1.45. The van der Waals surface area contributed by atoms with Crippen LogP contribution in [0.15, 0.2) is 30.3 Å². The number of methoxy groups -OCH3 is 1. The highest BCUT2D eigenvalue weighted by atomic mass is 16.6. The quantitative estimate of drug-likeness (QED) is 0.754. The van der Waals surface area contributed by atoms with Gasteiger partial charge in [0.25, 0.3) is 0 Å². The Bertz CT molecular complexity index is 251. The first-order valence-electron chi connectivity index (χ1n) is 5.08. The molecule has 0 bridgehead atoms. The zero-order chi connectivity index (χ0) is 11.9. The summed E-state index contributed by atoms with van der Waals surface area (Å²) < 4.78 is 5.00. The summed E-state index contributed by atoms with van der Waals surface area (Å²) in [6, 6.07) is 9.10. The molecule has 0 saturated heterocycles. The van der Waals surface area contributed by atoms with Crippen molar-refractivity contribution in [2.24, 2.45) is 0 Å². The molecule has 1 atom stereocenters. The highest BCUT2D eigenvalue weighted by Crippen LogP contribution is 2.26. The molecule has 86 valence electrons. The van der Waals surface area contributed by atoms with Crippen LogP contribution in [0.25, 0.3) is 0 Å². The average Bonchev–Trinajstić information content (AvgIpc) is 2.21. The first kappa shape index (κ1) is 14.1. The second-order valence-corrected chi connectivity index (χ2v) is 3.12. The number of hydrogen-bond donors (Lipinski definition) is 2. The minimum absolute atomic E-state index is 0.714. The van der Waals surface area contributed by atoms with E-state index in [9.17, 15) is 10.2 Å². The monoisotopic (exact) mass is 212 g/mol. The summed E-state index contributed by atoms with van der Waals surface area (Å²) in [6.45, 7) is 5.30. The fraction of sp³-hybridized carbons (Fsp3) is 0.500. The lowest BCUT2D eigenvalue weighted by Crippen LogP contribution is -2.33. The van der Waals surface area contributed by atoms with Gasteiger partial charge in [-0.05, 0) is 12.5 Å². The highest BCUT2D eigenvalue weighted by Gasteiger charge is 2.30. The predicted octanol–water partition coefficient (Wildman–Crippen LogP) is 2.10. The van der Waals surface area contributed by atoms with E-state index >= 15 is 0 Å². The van der Waals surface area contributed by atoms with E-state index in [1.54, 1.807) is 12.1 Å². The van der Waals surface area contributed by atoms with Crippen molar-refractivity contribution in [3.63, 3.8) is 0 Å². The van der Waals surface area contributed by atoms with Gasteiger partial charge in [-0.15, -0.1) is 0 Å². The number of hydrogen-bond acceptors (Lipinski definition) is 3. The number of ether oxygens (including phenoxy) is 1. The number of rotatable bonds is 3. The van der Waals surface area contributed by atoms with Gasteiger partial charge in [-0.1, -0.05) is 44.2 Å². The number of benzene rings is 1. The third kappa shape index (κ3) is 4.42. The fourth-order valence-corrected chi connectivity index (χ4v) is 1.30. The molecule has 0 fully saturated rings. The fourth-order valence-electron chi connectivity index (χ4n) is 1.30. The third-order valence-corrected chi connectivity index (χ3v) is 1.83. The Morgan fingerprint density at radius 2 is 1.60 bits per heavy atom. The van der Waals surface area contributed by atoms with Crippen molar-refractivity contribution in [2.75, 3.05) is 7.11 Å². The van der Waals surface area contributed by atoms with E-state index in [4.69, 9.17) is 4.74 Å². The molecule has 1 rings (SSSR count). The van der Waals surface area contributed by atoms with Crippen LogP contribution in [0.2, 0.25) is 0 Å².